The third-order valence-corrected chi connectivity index (χ3v) is 4.08. The monoisotopic (exact) mass is 344 g/mol. The topological polar surface area (TPSA) is 63.2 Å². The number of likely N-dealkylation sites (N-methyl/N-ethyl adjacent to an activating group) is 1. The number of aromatic nitrogens is 4. The van der Waals surface area contributed by atoms with Gasteiger partial charge in [0.05, 0.1) is 6.54 Å². The highest BCUT2D eigenvalue weighted by molar-refractivity contribution is 4.98. The van der Waals surface area contributed by atoms with E-state index in [1.54, 1.807) is 6.92 Å². The van der Waals surface area contributed by atoms with Crippen LogP contribution in [0, 0.1) is 6.92 Å². The predicted molar refractivity (Wildman–Crippen MR) is 78.0 cm³/mol. The van der Waals surface area contributed by atoms with Gasteiger partial charge < -0.3 is 9.09 Å². The first kappa shape index (κ1) is 16.9. The van der Waals surface area contributed by atoms with Crippen molar-refractivity contribution in [3.63, 3.8) is 0 Å². The summed E-state index contributed by atoms with van der Waals surface area (Å²) in [6.07, 6.45) is -1.50. The second-order valence-corrected chi connectivity index (χ2v) is 6.00. The summed E-state index contributed by atoms with van der Waals surface area (Å²) < 4.78 is 44.2. The number of nitrogens with zero attached hydrogens (tertiary/aromatic N) is 6. The van der Waals surface area contributed by atoms with Gasteiger partial charge in [-0.3, -0.25) is 9.80 Å². The van der Waals surface area contributed by atoms with Crippen molar-refractivity contribution < 1.29 is 17.7 Å². The zero-order valence-electron chi connectivity index (χ0n) is 13.5. The van der Waals surface area contributed by atoms with Crippen molar-refractivity contribution in [2.24, 2.45) is 0 Å². The molecular formula is C14H19F3N6O. The van der Waals surface area contributed by atoms with E-state index in [1.807, 2.05) is 7.05 Å². The summed E-state index contributed by atoms with van der Waals surface area (Å²) in [5.74, 6) is 1.49. The SMILES string of the molecule is Cc1noc(C2CN(Cc3nccn3CC(F)(F)F)CCN2C)n1. The number of alkyl halides is 3. The van der Waals surface area contributed by atoms with E-state index in [2.05, 4.69) is 24.9 Å². The van der Waals surface area contributed by atoms with Crippen LogP contribution in [-0.2, 0) is 13.1 Å². The van der Waals surface area contributed by atoms with Crippen LogP contribution in [-0.4, -0.2) is 62.3 Å². The molecule has 3 heterocycles. The van der Waals surface area contributed by atoms with E-state index in [0.717, 1.165) is 17.7 Å². The quantitative estimate of drug-likeness (QED) is 0.840. The molecule has 1 aliphatic heterocycles. The maximum absolute atomic E-state index is 12.6. The van der Waals surface area contributed by atoms with Crippen LogP contribution in [0.25, 0.3) is 0 Å². The summed E-state index contributed by atoms with van der Waals surface area (Å²) in [5.41, 5.74) is 0. The van der Waals surface area contributed by atoms with Crippen LogP contribution >= 0.6 is 0 Å². The molecular weight excluding hydrogens is 325 g/mol. The van der Waals surface area contributed by atoms with Gasteiger partial charge in [-0.2, -0.15) is 18.2 Å². The number of imidazole rings is 1. The minimum absolute atomic E-state index is 0.0778. The Hall–Kier alpha value is -1.94. The highest BCUT2D eigenvalue weighted by Gasteiger charge is 2.32. The zero-order chi connectivity index (χ0) is 17.3. The van der Waals surface area contributed by atoms with Crippen molar-refractivity contribution in [2.45, 2.75) is 32.2 Å². The standard InChI is InChI=1S/C14H19F3N6O/c1-10-19-13(24-20-10)11-7-22(6-5-21(11)2)8-12-18-3-4-23(12)9-14(15,16)17/h3-4,11H,5-9H2,1-2H3. The lowest BCUT2D eigenvalue weighted by atomic mass is 10.1. The molecule has 0 aliphatic carbocycles. The summed E-state index contributed by atoms with van der Waals surface area (Å²) >= 11 is 0. The molecule has 1 unspecified atom stereocenters. The number of piperazine rings is 1. The van der Waals surface area contributed by atoms with E-state index in [1.165, 1.54) is 12.4 Å². The Bertz CT molecular complexity index is 682. The highest BCUT2D eigenvalue weighted by atomic mass is 19.4. The van der Waals surface area contributed by atoms with Crippen molar-refractivity contribution >= 4 is 0 Å². The molecule has 0 saturated carbocycles. The molecule has 24 heavy (non-hydrogen) atoms. The molecule has 132 valence electrons. The molecule has 10 heteroatoms. The molecule has 0 spiro atoms. The van der Waals surface area contributed by atoms with Crippen LogP contribution in [0.5, 0.6) is 0 Å². The molecule has 0 N–H and O–H groups in total. The lowest BCUT2D eigenvalue weighted by Crippen LogP contribution is -2.46. The molecule has 7 nitrogen and oxygen atoms in total. The van der Waals surface area contributed by atoms with E-state index >= 15 is 0 Å². The van der Waals surface area contributed by atoms with Gasteiger partial charge in [-0.15, -0.1) is 0 Å². The van der Waals surface area contributed by atoms with E-state index in [0.29, 0.717) is 30.6 Å². The van der Waals surface area contributed by atoms with Gasteiger partial charge in [-0.05, 0) is 14.0 Å². The summed E-state index contributed by atoms with van der Waals surface area (Å²) in [6.45, 7) is 3.16. The first-order valence-electron chi connectivity index (χ1n) is 7.61. The Kier molecular flexibility index (Phi) is 4.59. The average molecular weight is 344 g/mol. The normalized spacial score (nSPS) is 20.6. The lowest BCUT2D eigenvalue weighted by molar-refractivity contribution is -0.141. The van der Waals surface area contributed by atoms with E-state index in [9.17, 15) is 13.2 Å². The fourth-order valence-electron chi connectivity index (χ4n) is 2.82. The Morgan fingerprint density at radius 3 is 2.79 bits per heavy atom. The van der Waals surface area contributed by atoms with Gasteiger partial charge in [-0.25, -0.2) is 4.98 Å². The number of rotatable bonds is 4. The fourth-order valence-corrected chi connectivity index (χ4v) is 2.82. The average Bonchev–Trinajstić information content (AvgIpc) is 3.09. The number of aryl methyl sites for hydroxylation is 1. The highest BCUT2D eigenvalue weighted by Crippen LogP contribution is 2.24. The van der Waals surface area contributed by atoms with Crippen molar-refractivity contribution in [3.05, 3.63) is 29.9 Å². The maximum Gasteiger partial charge on any atom is 0.406 e. The maximum atomic E-state index is 12.6. The van der Waals surface area contributed by atoms with Crippen LogP contribution in [0.1, 0.15) is 23.6 Å². The fraction of sp³-hybridized carbons (Fsp3) is 0.643. The van der Waals surface area contributed by atoms with Gasteiger partial charge in [-0.1, -0.05) is 5.16 Å². The molecule has 0 aromatic carbocycles. The Morgan fingerprint density at radius 2 is 2.12 bits per heavy atom. The number of hydrogen-bond acceptors (Lipinski definition) is 6. The van der Waals surface area contributed by atoms with Crippen LogP contribution in [0.15, 0.2) is 16.9 Å². The molecule has 1 fully saturated rings. The van der Waals surface area contributed by atoms with Gasteiger partial charge in [0, 0.05) is 32.0 Å². The zero-order valence-corrected chi connectivity index (χ0v) is 13.5. The van der Waals surface area contributed by atoms with Crippen molar-refractivity contribution in [2.75, 3.05) is 26.7 Å². The summed E-state index contributed by atoms with van der Waals surface area (Å²) in [7, 11) is 1.96. The van der Waals surface area contributed by atoms with Gasteiger partial charge in [0.25, 0.3) is 0 Å². The molecule has 2 aromatic heterocycles. The van der Waals surface area contributed by atoms with Crippen LogP contribution in [0.3, 0.4) is 0 Å². The molecule has 2 aromatic rings. The van der Waals surface area contributed by atoms with E-state index in [4.69, 9.17) is 4.52 Å². The summed E-state index contributed by atoms with van der Waals surface area (Å²) in [4.78, 5) is 12.5. The van der Waals surface area contributed by atoms with E-state index in [-0.39, 0.29) is 6.04 Å². The second kappa shape index (κ2) is 6.52. The first-order chi connectivity index (χ1) is 11.3. The largest absolute Gasteiger partial charge is 0.406 e. The Morgan fingerprint density at radius 1 is 1.33 bits per heavy atom. The lowest BCUT2D eigenvalue weighted by Gasteiger charge is -2.37. The molecule has 1 atom stereocenters. The van der Waals surface area contributed by atoms with Crippen LogP contribution < -0.4 is 0 Å². The van der Waals surface area contributed by atoms with Gasteiger partial charge >= 0.3 is 6.18 Å². The molecule has 0 radical (unpaired) electrons. The van der Waals surface area contributed by atoms with E-state index < -0.39 is 12.7 Å². The molecule has 0 bridgehead atoms. The van der Waals surface area contributed by atoms with Crippen LogP contribution in [0.4, 0.5) is 13.2 Å². The van der Waals surface area contributed by atoms with Crippen molar-refractivity contribution in [1.82, 2.24) is 29.5 Å². The second-order valence-electron chi connectivity index (χ2n) is 6.00. The molecule has 1 aliphatic rings. The summed E-state index contributed by atoms with van der Waals surface area (Å²) in [6, 6.07) is -0.0778. The van der Waals surface area contributed by atoms with Gasteiger partial charge in [0.2, 0.25) is 5.89 Å². The minimum Gasteiger partial charge on any atom is -0.338 e. The third kappa shape index (κ3) is 3.93. The third-order valence-electron chi connectivity index (χ3n) is 4.08. The molecule has 3 rings (SSSR count). The molecule has 0 amide bonds. The first-order valence-corrected chi connectivity index (χ1v) is 7.61. The van der Waals surface area contributed by atoms with Crippen LogP contribution in [0.2, 0.25) is 0 Å². The summed E-state index contributed by atoms with van der Waals surface area (Å²) in [5, 5.41) is 3.81. The predicted octanol–water partition coefficient (Wildman–Crippen LogP) is 1.63. The number of halogens is 3. The van der Waals surface area contributed by atoms with Gasteiger partial charge in [0.1, 0.15) is 18.4 Å². The van der Waals surface area contributed by atoms with Crippen molar-refractivity contribution in [1.29, 1.82) is 0 Å². The van der Waals surface area contributed by atoms with Gasteiger partial charge in [0.15, 0.2) is 5.82 Å². The van der Waals surface area contributed by atoms with Crippen molar-refractivity contribution in [3.8, 4) is 0 Å². The Balaban J connectivity index is 1.69. The number of hydrogen-bond donors (Lipinski definition) is 0. The minimum atomic E-state index is -4.26. The molecule has 1 saturated heterocycles. The Labute approximate surface area is 137 Å². The smallest absolute Gasteiger partial charge is 0.338 e.